The van der Waals surface area contributed by atoms with Crippen LogP contribution in [0.2, 0.25) is 0 Å². The van der Waals surface area contributed by atoms with Crippen molar-refractivity contribution in [1.29, 1.82) is 0 Å². The molecule has 2 heteroatoms. The lowest BCUT2D eigenvalue weighted by Gasteiger charge is -2.08. The molecule has 0 radical (unpaired) electrons. The van der Waals surface area contributed by atoms with Crippen LogP contribution in [0.25, 0.3) is 33.4 Å². The minimum Gasteiger partial charge on any atom is -0.465 e. The minimum absolute atomic E-state index is 0.319. The first-order valence-electron chi connectivity index (χ1n) is 9.60. The highest BCUT2D eigenvalue weighted by Crippen LogP contribution is 2.28. The highest BCUT2D eigenvalue weighted by atomic mass is 16.5. The average molecular weight is 378 g/mol. The van der Waals surface area contributed by atoms with Crippen molar-refractivity contribution in [3.8, 4) is 33.4 Å². The van der Waals surface area contributed by atoms with Crippen LogP contribution in [0.5, 0.6) is 0 Å². The standard InChI is InChI=1S/C27H22O2/c1-19-3-5-20(6-4-19)21-7-9-22(10-8-21)23-11-13-24(14-12-23)25-15-17-26(18-16-25)27(28)29-2/h3-18H,1-2H3. The van der Waals surface area contributed by atoms with Crippen LogP contribution in [-0.4, -0.2) is 13.1 Å². The number of hydrogen-bond acceptors (Lipinski definition) is 2. The van der Waals surface area contributed by atoms with E-state index < -0.39 is 0 Å². The molecule has 4 aromatic rings. The summed E-state index contributed by atoms with van der Waals surface area (Å²) in [5.74, 6) is -0.319. The van der Waals surface area contributed by atoms with E-state index in [1.807, 2.05) is 12.1 Å². The Kier molecular flexibility index (Phi) is 5.26. The molecule has 0 bridgehead atoms. The SMILES string of the molecule is COC(=O)c1ccc(-c2ccc(-c3ccc(-c4ccc(C)cc4)cc3)cc2)cc1. The second-order valence-electron chi connectivity index (χ2n) is 7.09. The predicted octanol–water partition coefficient (Wildman–Crippen LogP) is 6.78. The fraction of sp³-hybridized carbons (Fsp3) is 0.0741. The van der Waals surface area contributed by atoms with Gasteiger partial charge in [-0.2, -0.15) is 0 Å². The van der Waals surface area contributed by atoms with Gasteiger partial charge in [0.1, 0.15) is 0 Å². The first-order valence-corrected chi connectivity index (χ1v) is 9.60. The second kappa shape index (κ2) is 8.15. The van der Waals surface area contributed by atoms with Crippen LogP contribution >= 0.6 is 0 Å². The molecule has 0 spiro atoms. The van der Waals surface area contributed by atoms with Gasteiger partial charge in [0, 0.05) is 0 Å². The Balaban J connectivity index is 1.53. The highest BCUT2D eigenvalue weighted by Gasteiger charge is 2.06. The molecule has 29 heavy (non-hydrogen) atoms. The van der Waals surface area contributed by atoms with Gasteiger partial charge in [0.25, 0.3) is 0 Å². The zero-order chi connectivity index (χ0) is 20.2. The Morgan fingerprint density at radius 3 is 1.10 bits per heavy atom. The minimum atomic E-state index is -0.319. The third-order valence-corrected chi connectivity index (χ3v) is 5.13. The van der Waals surface area contributed by atoms with Crippen molar-refractivity contribution >= 4 is 5.97 Å². The summed E-state index contributed by atoms with van der Waals surface area (Å²) in [6.07, 6.45) is 0. The summed E-state index contributed by atoms with van der Waals surface area (Å²) in [6, 6.07) is 33.2. The monoisotopic (exact) mass is 378 g/mol. The number of carbonyl (C=O) groups is 1. The van der Waals surface area contributed by atoms with Crippen molar-refractivity contribution in [1.82, 2.24) is 0 Å². The maximum absolute atomic E-state index is 11.6. The Morgan fingerprint density at radius 2 is 0.793 bits per heavy atom. The Hall–Kier alpha value is -3.65. The number of hydrogen-bond donors (Lipinski definition) is 0. The molecule has 2 nitrogen and oxygen atoms in total. The normalized spacial score (nSPS) is 10.6. The molecular weight excluding hydrogens is 356 g/mol. The lowest BCUT2D eigenvalue weighted by Crippen LogP contribution is -2.00. The molecule has 0 aliphatic carbocycles. The lowest BCUT2D eigenvalue weighted by molar-refractivity contribution is 0.0601. The van der Waals surface area contributed by atoms with Crippen molar-refractivity contribution in [2.24, 2.45) is 0 Å². The fourth-order valence-corrected chi connectivity index (χ4v) is 3.37. The van der Waals surface area contributed by atoms with E-state index in [4.69, 9.17) is 4.74 Å². The summed E-state index contributed by atoms with van der Waals surface area (Å²) in [7, 11) is 1.39. The molecule has 0 N–H and O–H groups in total. The quantitative estimate of drug-likeness (QED) is 0.366. The number of ether oxygens (including phenoxy) is 1. The fourth-order valence-electron chi connectivity index (χ4n) is 3.37. The summed E-state index contributed by atoms with van der Waals surface area (Å²) in [6.45, 7) is 2.10. The van der Waals surface area contributed by atoms with Crippen molar-refractivity contribution in [2.75, 3.05) is 7.11 Å². The zero-order valence-corrected chi connectivity index (χ0v) is 16.6. The van der Waals surface area contributed by atoms with Crippen molar-refractivity contribution < 1.29 is 9.53 Å². The summed E-state index contributed by atoms with van der Waals surface area (Å²) in [4.78, 5) is 11.6. The lowest BCUT2D eigenvalue weighted by atomic mass is 9.97. The highest BCUT2D eigenvalue weighted by molar-refractivity contribution is 5.90. The van der Waals surface area contributed by atoms with E-state index in [1.165, 1.54) is 34.9 Å². The molecule has 0 atom stereocenters. The third kappa shape index (κ3) is 4.12. The third-order valence-electron chi connectivity index (χ3n) is 5.13. The average Bonchev–Trinajstić information content (AvgIpc) is 2.79. The number of aryl methyl sites for hydroxylation is 1. The van der Waals surface area contributed by atoms with Gasteiger partial charge in [0.05, 0.1) is 12.7 Å². The maximum Gasteiger partial charge on any atom is 0.337 e. The van der Waals surface area contributed by atoms with Crippen LogP contribution in [-0.2, 0) is 4.74 Å². The molecule has 4 aromatic carbocycles. The van der Waals surface area contributed by atoms with E-state index in [9.17, 15) is 4.79 Å². The maximum atomic E-state index is 11.6. The van der Waals surface area contributed by atoms with Crippen LogP contribution in [0.1, 0.15) is 15.9 Å². The van der Waals surface area contributed by atoms with E-state index in [2.05, 4.69) is 79.7 Å². The predicted molar refractivity (Wildman–Crippen MR) is 119 cm³/mol. The molecule has 0 aliphatic rings. The second-order valence-corrected chi connectivity index (χ2v) is 7.09. The van der Waals surface area contributed by atoms with Gasteiger partial charge in [-0.3, -0.25) is 0 Å². The van der Waals surface area contributed by atoms with Gasteiger partial charge in [-0.05, 0) is 52.4 Å². The topological polar surface area (TPSA) is 26.3 Å². The van der Waals surface area contributed by atoms with Gasteiger partial charge in [0.2, 0.25) is 0 Å². The van der Waals surface area contributed by atoms with E-state index in [0.29, 0.717) is 5.56 Å². The summed E-state index contributed by atoms with van der Waals surface area (Å²) >= 11 is 0. The van der Waals surface area contributed by atoms with E-state index in [0.717, 1.165) is 11.1 Å². The van der Waals surface area contributed by atoms with Crippen LogP contribution in [0.4, 0.5) is 0 Å². The molecule has 0 unspecified atom stereocenters. The zero-order valence-electron chi connectivity index (χ0n) is 16.6. The molecule has 0 saturated heterocycles. The van der Waals surface area contributed by atoms with E-state index in [-0.39, 0.29) is 5.97 Å². The van der Waals surface area contributed by atoms with Gasteiger partial charge < -0.3 is 4.74 Å². The van der Waals surface area contributed by atoms with E-state index >= 15 is 0 Å². The van der Waals surface area contributed by atoms with Gasteiger partial charge >= 0.3 is 5.97 Å². The van der Waals surface area contributed by atoms with Gasteiger partial charge in [-0.1, -0.05) is 90.5 Å². The van der Waals surface area contributed by atoms with Gasteiger partial charge in [-0.25, -0.2) is 4.79 Å². The number of benzene rings is 4. The van der Waals surface area contributed by atoms with Gasteiger partial charge in [0.15, 0.2) is 0 Å². The molecule has 0 amide bonds. The molecule has 0 aromatic heterocycles. The first kappa shape index (κ1) is 18.7. The molecule has 0 fully saturated rings. The Bertz CT molecular complexity index is 1110. The molecule has 0 saturated carbocycles. The number of methoxy groups -OCH3 is 1. The Morgan fingerprint density at radius 1 is 0.517 bits per heavy atom. The van der Waals surface area contributed by atoms with Crippen LogP contribution in [0, 0.1) is 6.92 Å². The van der Waals surface area contributed by atoms with E-state index in [1.54, 1.807) is 12.1 Å². The summed E-state index contributed by atoms with van der Waals surface area (Å²) < 4.78 is 4.75. The smallest absolute Gasteiger partial charge is 0.337 e. The number of carbonyl (C=O) groups excluding carboxylic acids is 1. The molecular formula is C27H22O2. The van der Waals surface area contributed by atoms with Gasteiger partial charge in [-0.15, -0.1) is 0 Å². The molecule has 4 rings (SSSR count). The summed E-state index contributed by atoms with van der Waals surface area (Å²) in [5, 5.41) is 0. The molecule has 0 heterocycles. The first-order chi connectivity index (χ1) is 14.1. The Labute approximate surface area is 171 Å². The van der Waals surface area contributed by atoms with Crippen LogP contribution in [0.3, 0.4) is 0 Å². The van der Waals surface area contributed by atoms with Crippen LogP contribution in [0.15, 0.2) is 97.1 Å². The number of rotatable bonds is 4. The van der Waals surface area contributed by atoms with Crippen molar-refractivity contribution in [2.45, 2.75) is 6.92 Å². The summed E-state index contributed by atoms with van der Waals surface area (Å²) in [5.41, 5.74) is 8.82. The van der Waals surface area contributed by atoms with Crippen molar-refractivity contribution in [3.05, 3.63) is 108 Å². The van der Waals surface area contributed by atoms with Crippen LogP contribution < -0.4 is 0 Å². The van der Waals surface area contributed by atoms with Crippen molar-refractivity contribution in [3.63, 3.8) is 0 Å². The molecule has 142 valence electrons. The number of esters is 1. The largest absolute Gasteiger partial charge is 0.465 e. The molecule has 0 aliphatic heterocycles.